The number of hydrogen-bond donors (Lipinski definition) is 4. The van der Waals surface area contributed by atoms with Crippen LogP contribution in [0.3, 0.4) is 0 Å². The molecule has 0 heterocycles. The van der Waals surface area contributed by atoms with Gasteiger partial charge in [0.05, 0.1) is 4.90 Å². The molecule has 214 valence electrons. The maximum absolute atomic E-state index is 14.1. The lowest BCUT2D eigenvalue weighted by Gasteiger charge is -2.20. The molecule has 4 rings (SSSR count). The van der Waals surface area contributed by atoms with Gasteiger partial charge < -0.3 is 19.8 Å². The Labute approximate surface area is 235 Å². The summed E-state index contributed by atoms with van der Waals surface area (Å²) in [5.74, 6) is 0.236. The van der Waals surface area contributed by atoms with E-state index in [2.05, 4.69) is 10.0 Å². The summed E-state index contributed by atoms with van der Waals surface area (Å²) in [6.45, 7) is 0. The van der Waals surface area contributed by atoms with Crippen LogP contribution in [0, 0.1) is 0 Å². The van der Waals surface area contributed by atoms with Gasteiger partial charge in [-0.1, -0.05) is 66.7 Å². The van der Waals surface area contributed by atoms with E-state index >= 15 is 0 Å². The highest BCUT2D eigenvalue weighted by molar-refractivity contribution is 7.89. The normalized spacial score (nSPS) is 12.9. The van der Waals surface area contributed by atoms with Gasteiger partial charge in [0.2, 0.25) is 15.9 Å². The number of carbonyl (C=O) groups is 1. The minimum atomic E-state index is -5.78. The first-order valence-electron chi connectivity index (χ1n) is 12.1. The van der Waals surface area contributed by atoms with Crippen LogP contribution in [0.4, 0.5) is 14.5 Å². The van der Waals surface area contributed by atoms with Gasteiger partial charge in [-0.05, 0) is 48.4 Å². The lowest BCUT2D eigenvalue weighted by Crippen LogP contribution is -2.45. The maximum Gasteiger partial charge on any atom is 0.399 e. The van der Waals surface area contributed by atoms with E-state index in [9.17, 15) is 26.6 Å². The summed E-state index contributed by atoms with van der Waals surface area (Å²) in [5.41, 5.74) is -4.77. The molecule has 4 N–H and O–H groups in total. The van der Waals surface area contributed by atoms with Crippen molar-refractivity contribution in [1.82, 2.24) is 4.72 Å². The van der Waals surface area contributed by atoms with Gasteiger partial charge in [-0.2, -0.15) is 13.5 Å². The third-order valence-electron chi connectivity index (χ3n) is 5.85. The molecule has 0 saturated heterocycles. The molecule has 4 aromatic carbocycles. The lowest BCUT2D eigenvalue weighted by atomic mass is 10.0. The molecule has 0 aliphatic carbocycles. The van der Waals surface area contributed by atoms with E-state index in [1.807, 2.05) is 6.07 Å². The summed E-state index contributed by atoms with van der Waals surface area (Å²) in [5, 5.41) is 2.65. The third kappa shape index (κ3) is 7.63. The van der Waals surface area contributed by atoms with Crippen molar-refractivity contribution in [2.24, 2.45) is 0 Å². The molecule has 0 fully saturated rings. The number of carbonyl (C=O) groups excluding carboxylic acids is 1. The second-order valence-electron chi connectivity index (χ2n) is 8.91. The zero-order chi connectivity index (χ0) is 29.7. The number of halogens is 2. The number of nitrogens with one attached hydrogen (secondary N) is 2. The molecule has 0 unspecified atom stereocenters. The molecule has 0 aliphatic heterocycles. The van der Waals surface area contributed by atoms with Crippen LogP contribution in [0.15, 0.2) is 114 Å². The van der Waals surface area contributed by atoms with Gasteiger partial charge in [0.15, 0.2) is 0 Å². The highest BCUT2D eigenvalue weighted by atomic mass is 32.2. The number of alkyl halides is 2. The number of hydrogen-bond acceptors (Lipinski definition) is 5. The number of amides is 1. The molecule has 1 amide bonds. The Balaban J connectivity index is 1.58. The van der Waals surface area contributed by atoms with Crippen molar-refractivity contribution >= 4 is 29.2 Å². The van der Waals surface area contributed by atoms with Gasteiger partial charge in [-0.15, -0.1) is 0 Å². The summed E-state index contributed by atoms with van der Waals surface area (Å²) >= 11 is 0. The monoisotopic (exact) mass is 602 g/mol. The van der Waals surface area contributed by atoms with Crippen LogP contribution in [0.2, 0.25) is 0 Å². The summed E-state index contributed by atoms with van der Waals surface area (Å²) in [6.07, 6.45) is -0.264. The molecule has 9 nitrogen and oxygen atoms in total. The first-order chi connectivity index (χ1) is 19.3. The van der Waals surface area contributed by atoms with Crippen LogP contribution in [0.25, 0.3) is 0 Å². The quantitative estimate of drug-likeness (QED) is 0.172. The van der Waals surface area contributed by atoms with E-state index in [-0.39, 0.29) is 16.9 Å². The highest BCUT2D eigenvalue weighted by Gasteiger charge is 2.50. The van der Waals surface area contributed by atoms with Crippen molar-refractivity contribution in [1.29, 1.82) is 0 Å². The fourth-order valence-corrected chi connectivity index (χ4v) is 5.48. The van der Waals surface area contributed by atoms with Gasteiger partial charge in [-0.3, -0.25) is 9.36 Å². The second kappa shape index (κ2) is 12.3. The summed E-state index contributed by atoms with van der Waals surface area (Å²) in [7, 11) is -9.95. The highest BCUT2D eigenvalue weighted by Crippen LogP contribution is 2.59. The lowest BCUT2D eigenvalue weighted by molar-refractivity contribution is -0.117. The van der Waals surface area contributed by atoms with Gasteiger partial charge in [0.1, 0.15) is 17.5 Å². The Kier molecular flexibility index (Phi) is 9.01. The topological polar surface area (TPSA) is 142 Å². The maximum atomic E-state index is 14.1. The number of para-hydroxylation sites is 1. The summed E-state index contributed by atoms with van der Waals surface area (Å²) in [6, 6.07) is 25.2. The molecule has 0 radical (unpaired) electrons. The number of ether oxygens (including phenoxy) is 1. The Bertz CT molecular complexity index is 1650. The van der Waals surface area contributed by atoms with Crippen molar-refractivity contribution in [3.05, 3.63) is 120 Å². The number of rotatable bonds is 11. The SMILES string of the molecule is O=C(Nc1cccc(Oc2ccccc2)c1)[C@H](Cc1ccc(C(F)(F)P(=O)(O)O)cc1)NS(=O)(=O)c1ccccc1. The fraction of sp³-hybridized carbons (Fsp3) is 0.107. The Morgan fingerprint density at radius 2 is 1.44 bits per heavy atom. The first-order valence-corrected chi connectivity index (χ1v) is 15.2. The van der Waals surface area contributed by atoms with E-state index in [0.29, 0.717) is 17.2 Å². The van der Waals surface area contributed by atoms with E-state index in [1.54, 1.807) is 54.6 Å². The second-order valence-corrected chi connectivity index (χ2v) is 12.3. The molecule has 41 heavy (non-hydrogen) atoms. The van der Waals surface area contributed by atoms with E-state index in [4.69, 9.17) is 14.5 Å². The minimum Gasteiger partial charge on any atom is -0.457 e. The zero-order valence-corrected chi connectivity index (χ0v) is 22.9. The van der Waals surface area contributed by atoms with Crippen LogP contribution in [0.1, 0.15) is 11.1 Å². The minimum absolute atomic E-state index is 0.0901. The molecule has 0 aliphatic rings. The fourth-order valence-electron chi connectivity index (χ4n) is 3.78. The van der Waals surface area contributed by atoms with Crippen LogP contribution < -0.4 is 14.8 Å². The Morgan fingerprint density at radius 3 is 2.05 bits per heavy atom. The van der Waals surface area contributed by atoms with Crippen molar-refractivity contribution in [3.8, 4) is 11.5 Å². The van der Waals surface area contributed by atoms with Crippen LogP contribution in [-0.2, 0) is 31.5 Å². The van der Waals surface area contributed by atoms with Crippen molar-refractivity contribution < 1.29 is 41.1 Å². The summed E-state index contributed by atoms with van der Waals surface area (Å²) < 4.78 is 73.6. The predicted molar refractivity (Wildman–Crippen MR) is 148 cm³/mol. The van der Waals surface area contributed by atoms with Gasteiger partial charge in [0, 0.05) is 17.3 Å². The van der Waals surface area contributed by atoms with Crippen LogP contribution in [0.5, 0.6) is 11.5 Å². The van der Waals surface area contributed by atoms with Gasteiger partial charge in [-0.25, -0.2) is 8.42 Å². The Morgan fingerprint density at radius 1 is 0.854 bits per heavy atom. The van der Waals surface area contributed by atoms with Gasteiger partial charge in [0.25, 0.3) is 0 Å². The first kappa shape index (κ1) is 30.0. The molecular weight excluding hydrogens is 577 g/mol. The van der Waals surface area contributed by atoms with E-state index in [1.165, 1.54) is 24.3 Å². The predicted octanol–water partition coefficient (Wildman–Crippen LogP) is 5.23. The van der Waals surface area contributed by atoms with Gasteiger partial charge >= 0.3 is 13.3 Å². The largest absolute Gasteiger partial charge is 0.457 e. The zero-order valence-electron chi connectivity index (χ0n) is 21.2. The van der Waals surface area contributed by atoms with Crippen LogP contribution in [-0.4, -0.2) is 30.2 Å². The molecule has 0 saturated carbocycles. The molecule has 0 spiro atoms. The van der Waals surface area contributed by atoms with E-state index in [0.717, 1.165) is 24.3 Å². The standard InChI is InChI=1S/C28H25F2N2O7PS/c29-28(30,40(34,35)36)21-16-14-20(15-17-21)18-26(32-41(37,38)25-12-5-2-6-13-25)27(33)31-22-8-7-11-24(19-22)39-23-9-3-1-4-10-23/h1-17,19,26,32H,18H2,(H,31,33)(H2,34,35,36)/t26-/m0/s1. The van der Waals surface area contributed by atoms with Crippen molar-refractivity contribution in [2.75, 3.05) is 5.32 Å². The number of sulfonamides is 1. The number of benzene rings is 4. The molecule has 1 atom stereocenters. The molecule has 4 aromatic rings. The van der Waals surface area contributed by atoms with E-state index < -0.39 is 40.8 Å². The average molecular weight is 603 g/mol. The smallest absolute Gasteiger partial charge is 0.399 e. The van der Waals surface area contributed by atoms with Crippen molar-refractivity contribution in [2.45, 2.75) is 23.0 Å². The molecule has 13 heteroatoms. The Hall–Kier alpha value is -3.93. The summed E-state index contributed by atoms with van der Waals surface area (Å²) in [4.78, 5) is 31.2. The molecular formula is C28H25F2N2O7PS. The average Bonchev–Trinajstić information content (AvgIpc) is 2.93. The number of anilines is 1. The van der Waals surface area contributed by atoms with Crippen LogP contribution >= 0.6 is 7.60 Å². The molecule has 0 bridgehead atoms. The van der Waals surface area contributed by atoms with Crippen molar-refractivity contribution in [3.63, 3.8) is 0 Å². The molecule has 0 aromatic heterocycles. The third-order valence-corrected chi connectivity index (χ3v) is 8.33.